The van der Waals surface area contributed by atoms with Gasteiger partial charge in [0.2, 0.25) is 11.8 Å². The van der Waals surface area contributed by atoms with E-state index in [4.69, 9.17) is 46.4 Å². The average Bonchev–Trinajstić information content (AvgIpc) is 2.95. The second-order valence-electron chi connectivity index (χ2n) is 10.7. The Kier molecular flexibility index (Phi) is 11.3. The van der Waals surface area contributed by atoms with Crippen molar-refractivity contribution in [3.8, 4) is 0 Å². The van der Waals surface area contributed by atoms with Gasteiger partial charge in [0, 0.05) is 32.7 Å². The summed E-state index contributed by atoms with van der Waals surface area (Å²) in [6.07, 6.45) is 4.91. The molecule has 0 unspecified atom stereocenters. The van der Waals surface area contributed by atoms with Crippen LogP contribution in [0.5, 0.6) is 0 Å². The third-order valence-corrected chi connectivity index (χ3v) is 10.3. The number of benzene rings is 3. The SMILES string of the molecule is Cc1ccc(S(=O)(=O)N(CC(=O)N(Cc2ccc(Cl)cc2Cl)[C@@H](C)C(=O)NC2CCCCC2)c2cc(Cl)cc(Cl)c2)cc1. The number of hydrogen-bond donors (Lipinski definition) is 1. The first-order chi connectivity index (χ1) is 20.3. The molecule has 0 spiro atoms. The van der Waals surface area contributed by atoms with Crippen LogP contribution >= 0.6 is 46.4 Å². The molecule has 1 atom stereocenters. The second kappa shape index (κ2) is 14.5. The summed E-state index contributed by atoms with van der Waals surface area (Å²) >= 11 is 25.1. The molecule has 0 radical (unpaired) electrons. The van der Waals surface area contributed by atoms with Gasteiger partial charge in [0.05, 0.1) is 10.6 Å². The molecule has 1 saturated carbocycles. The molecule has 230 valence electrons. The van der Waals surface area contributed by atoms with E-state index in [1.54, 1.807) is 37.3 Å². The van der Waals surface area contributed by atoms with Gasteiger partial charge in [-0.2, -0.15) is 0 Å². The van der Waals surface area contributed by atoms with E-state index in [0.717, 1.165) is 42.0 Å². The first-order valence-electron chi connectivity index (χ1n) is 13.9. The van der Waals surface area contributed by atoms with Crippen LogP contribution in [0.25, 0.3) is 0 Å². The maximum Gasteiger partial charge on any atom is 0.264 e. The summed E-state index contributed by atoms with van der Waals surface area (Å²) in [6.45, 7) is 2.78. The lowest BCUT2D eigenvalue weighted by molar-refractivity contribution is -0.139. The fourth-order valence-electron chi connectivity index (χ4n) is 5.03. The quantitative estimate of drug-likeness (QED) is 0.238. The van der Waals surface area contributed by atoms with Gasteiger partial charge in [-0.15, -0.1) is 0 Å². The van der Waals surface area contributed by atoms with Gasteiger partial charge in [-0.1, -0.05) is 89.4 Å². The highest BCUT2D eigenvalue weighted by Gasteiger charge is 2.33. The number of halogens is 4. The van der Waals surface area contributed by atoms with Gasteiger partial charge >= 0.3 is 0 Å². The Bertz CT molecular complexity index is 1560. The van der Waals surface area contributed by atoms with E-state index in [1.165, 1.54) is 35.2 Å². The van der Waals surface area contributed by atoms with Crippen molar-refractivity contribution in [1.29, 1.82) is 0 Å². The van der Waals surface area contributed by atoms with Crippen molar-refractivity contribution in [2.24, 2.45) is 0 Å². The summed E-state index contributed by atoms with van der Waals surface area (Å²) in [5.41, 5.74) is 1.53. The molecular formula is C31H33Cl4N3O4S. The normalized spacial score (nSPS) is 14.7. The highest BCUT2D eigenvalue weighted by Crippen LogP contribution is 2.31. The standard InChI is InChI=1S/C31H33Cl4N3O4S/c1-20-8-12-28(13-9-20)43(41,42)38(27-15-24(33)14-25(34)16-27)19-30(39)37(18-22-10-11-23(32)17-29(22)35)21(2)31(40)36-26-6-4-3-5-7-26/h8-17,21,26H,3-7,18-19H2,1-2H3,(H,36,40)/t21-/m0/s1. The molecule has 7 nitrogen and oxygen atoms in total. The molecule has 1 fully saturated rings. The molecule has 12 heteroatoms. The molecule has 3 aromatic rings. The van der Waals surface area contributed by atoms with E-state index >= 15 is 0 Å². The second-order valence-corrected chi connectivity index (χ2v) is 14.3. The van der Waals surface area contributed by atoms with E-state index in [0.29, 0.717) is 15.6 Å². The summed E-state index contributed by atoms with van der Waals surface area (Å²) in [6, 6.07) is 14.6. The predicted molar refractivity (Wildman–Crippen MR) is 174 cm³/mol. The summed E-state index contributed by atoms with van der Waals surface area (Å²) in [7, 11) is -4.26. The average molecular weight is 686 g/mol. The number of amides is 2. The van der Waals surface area contributed by atoms with Crippen molar-refractivity contribution in [3.63, 3.8) is 0 Å². The third-order valence-electron chi connectivity index (χ3n) is 7.50. The van der Waals surface area contributed by atoms with Crippen LogP contribution < -0.4 is 9.62 Å². The van der Waals surface area contributed by atoms with Crippen LogP contribution in [0.1, 0.15) is 50.2 Å². The number of rotatable bonds is 10. The van der Waals surface area contributed by atoms with Crippen LogP contribution in [0.3, 0.4) is 0 Å². The Labute approximate surface area is 273 Å². The zero-order valence-corrected chi connectivity index (χ0v) is 27.7. The largest absolute Gasteiger partial charge is 0.352 e. The van der Waals surface area contributed by atoms with Gasteiger partial charge < -0.3 is 10.2 Å². The van der Waals surface area contributed by atoms with Gasteiger partial charge in [0.1, 0.15) is 12.6 Å². The summed E-state index contributed by atoms with van der Waals surface area (Å²) in [5, 5.41) is 4.20. The molecule has 0 saturated heterocycles. The maximum absolute atomic E-state index is 14.2. The molecule has 1 aliphatic rings. The molecule has 4 rings (SSSR count). The number of aryl methyl sites for hydroxylation is 1. The van der Waals surface area contributed by atoms with Crippen LogP contribution in [-0.2, 0) is 26.2 Å². The van der Waals surface area contributed by atoms with Crippen molar-refractivity contribution in [2.45, 2.75) is 69.5 Å². The fourth-order valence-corrected chi connectivity index (χ4v) is 7.41. The van der Waals surface area contributed by atoms with Crippen molar-refractivity contribution >= 4 is 73.9 Å². The predicted octanol–water partition coefficient (Wildman–Crippen LogP) is 7.67. The van der Waals surface area contributed by atoms with E-state index in [2.05, 4.69) is 5.32 Å². The zero-order chi connectivity index (χ0) is 31.3. The van der Waals surface area contributed by atoms with Crippen LogP contribution in [0.4, 0.5) is 5.69 Å². The van der Waals surface area contributed by atoms with Crippen molar-refractivity contribution in [1.82, 2.24) is 10.2 Å². The Balaban J connectivity index is 1.72. The molecule has 0 aliphatic heterocycles. The smallest absolute Gasteiger partial charge is 0.264 e. The van der Waals surface area contributed by atoms with E-state index in [-0.39, 0.29) is 39.1 Å². The minimum absolute atomic E-state index is 0.0163. The van der Waals surface area contributed by atoms with Crippen molar-refractivity contribution in [2.75, 3.05) is 10.8 Å². The van der Waals surface area contributed by atoms with E-state index in [1.807, 2.05) is 6.92 Å². The molecule has 1 N–H and O–H groups in total. The number of carbonyl (C=O) groups excluding carboxylic acids is 2. The van der Waals surface area contributed by atoms with Crippen LogP contribution in [0, 0.1) is 6.92 Å². The molecule has 1 aliphatic carbocycles. The maximum atomic E-state index is 14.2. The third kappa shape index (κ3) is 8.58. The van der Waals surface area contributed by atoms with E-state index in [9.17, 15) is 18.0 Å². The van der Waals surface area contributed by atoms with Gasteiger partial charge in [-0.25, -0.2) is 8.42 Å². The molecule has 0 heterocycles. The lowest BCUT2D eigenvalue weighted by Gasteiger charge is -2.33. The molecule has 43 heavy (non-hydrogen) atoms. The summed E-state index contributed by atoms with van der Waals surface area (Å²) in [5.74, 6) is -0.951. The van der Waals surface area contributed by atoms with Crippen molar-refractivity contribution < 1.29 is 18.0 Å². The molecule has 0 aromatic heterocycles. The van der Waals surface area contributed by atoms with Gasteiger partial charge in [0.25, 0.3) is 10.0 Å². The molecule has 3 aromatic carbocycles. The minimum Gasteiger partial charge on any atom is -0.352 e. The molecule has 2 amide bonds. The lowest BCUT2D eigenvalue weighted by Crippen LogP contribution is -2.53. The Morgan fingerprint density at radius 3 is 2.12 bits per heavy atom. The van der Waals surface area contributed by atoms with Crippen LogP contribution in [0.15, 0.2) is 65.6 Å². The fraction of sp³-hybridized carbons (Fsp3) is 0.355. The van der Waals surface area contributed by atoms with Gasteiger partial charge in [-0.05, 0) is 74.7 Å². The molecular weight excluding hydrogens is 652 g/mol. The topological polar surface area (TPSA) is 86.8 Å². The number of nitrogens with one attached hydrogen (secondary N) is 1. The number of nitrogens with zero attached hydrogens (tertiary/aromatic N) is 2. The summed E-state index contributed by atoms with van der Waals surface area (Å²) < 4.78 is 28.9. The number of hydrogen-bond acceptors (Lipinski definition) is 4. The Morgan fingerprint density at radius 1 is 0.884 bits per heavy atom. The van der Waals surface area contributed by atoms with Gasteiger partial charge in [-0.3, -0.25) is 13.9 Å². The highest BCUT2D eigenvalue weighted by molar-refractivity contribution is 7.92. The lowest BCUT2D eigenvalue weighted by atomic mass is 9.95. The summed E-state index contributed by atoms with van der Waals surface area (Å²) in [4.78, 5) is 28.9. The van der Waals surface area contributed by atoms with Gasteiger partial charge in [0.15, 0.2) is 0 Å². The zero-order valence-electron chi connectivity index (χ0n) is 23.8. The van der Waals surface area contributed by atoms with Crippen LogP contribution in [-0.4, -0.2) is 43.8 Å². The number of sulfonamides is 1. The monoisotopic (exact) mass is 683 g/mol. The molecule has 0 bridgehead atoms. The number of anilines is 1. The van der Waals surface area contributed by atoms with Crippen LogP contribution in [0.2, 0.25) is 20.1 Å². The Hall–Kier alpha value is -2.49. The first-order valence-corrected chi connectivity index (χ1v) is 16.9. The highest BCUT2D eigenvalue weighted by atomic mass is 35.5. The van der Waals surface area contributed by atoms with Crippen molar-refractivity contribution in [3.05, 3.63) is 91.9 Å². The minimum atomic E-state index is -4.26. The van der Waals surface area contributed by atoms with E-state index < -0.39 is 28.5 Å². The first kappa shape index (κ1) is 33.4. The Morgan fingerprint density at radius 2 is 1.51 bits per heavy atom. The number of carbonyl (C=O) groups is 2.